The van der Waals surface area contributed by atoms with Gasteiger partial charge in [0.05, 0.1) is 17.7 Å². The molecule has 6 nitrogen and oxygen atoms in total. The van der Waals surface area contributed by atoms with Crippen LogP contribution in [0.5, 0.6) is 5.75 Å². The quantitative estimate of drug-likeness (QED) is 0.885. The van der Waals surface area contributed by atoms with Crippen LogP contribution in [0.1, 0.15) is 31.4 Å². The minimum atomic E-state index is -0.648. The zero-order valence-electron chi connectivity index (χ0n) is 12.9. The standard InChI is InChI=1S/C17H19NO5/c1-10(19)14-15(11-4-6-12(20)7-5-11)18(17(22)16(14)21)9-13-3-2-8-23-13/h4-7,13,15,20-21H,2-3,8-9H2,1H3/t13-,15+/m1/s1. The molecule has 1 amide bonds. The summed E-state index contributed by atoms with van der Waals surface area (Å²) in [6.07, 6.45) is 1.70. The Bertz CT molecular complexity index is 658. The van der Waals surface area contributed by atoms with Gasteiger partial charge in [0.15, 0.2) is 11.5 Å². The summed E-state index contributed by atoms with van der Waals surface area (Å²) in [5, 5.41) is 19.6. The van der Waals surface area contributed by atoms with E-state index in [0.29, 0.717) is 18.7 Å². The van der Waals surface area contributed by atoms with Gasteiger partial charge in [-0.3, -0.25) is 9.59 Å². The van der Waals surface area contributed by atoms with Gasteiger partial charge in [0, 0.05) is 13.2 Å². The first-order valence-corrected chi connectivity index (χ1v) is 7.64. The Kier molecular flexibility index (Phi) is 4.09. The van der Waals surface area contributed by atoms with Crippen molar-refractivity contribution in [2.45, 2.75) is 31.9 Å². The number of phenolic OH excluding ortho intramolecular Hbond substituents is 1. The molecule has 2 aliphatic heterocycles. The summed E-state index contributed by atoms with van der Waals surface area (Å²) in [5.74, 6) is -1.29. The molecule has 2 heterocycles. The summed E-state index contributed by atoms with van der Waals surface area (Å²) in [6.45, 7) is 2.32. The van der Waals surface area contributed by atoms with E-state index in [2.05, 4.69) is 0 Å². The summed E-state index contributed by atoms with van der Waals surface area (Å²) in [5.41, 5.74) is 0.766. The second-order valence-corrected chi connectivity index (χ2v) is 5.91. The minimum absolute atomic E-state index is 0.0855. The fraction of sp³-hybridized carbons (Fsp3) is 0.412. The van der Waals surface area contributed by atoms with Crippen LogP contribution in [0.15, 0.2) is 35.6 Å². The first-order chi connectivity index (χ1) is 11.0. The monoisotopic (exact) mass is 317 g/mol. The Morgan fingerprint density at radius 3 is 2.57 bits per heavy atom. The van der Waals surface area contributed by atoms with Crippen LogP contribution in [-0.2, 0) is 14.3 Å². The molecule has 2 aliphatic rings. The van der Waals surface area contributed by atoms with Gasteiger partial charge >= 0.3 is 0 Å². The molecule has 0 bridgehead atoms. The first-order valence-electron chi connectivity index (χ1n) is 7.64. The van der Waals surface area contributed by atoms with Gasteiger partial charge < -0.3 is 19.8 Å². The van der Waals surface area contributed by atoms with E-state index < -0.39 is 17.7 Å². The highest BCUT2D eigenvalue weighted by atomic mass is 16.5. The number of benzene rings is 1. The van der Waals surface area contributed by atoms with Gasteiger partial charge in [-0.1, -0.05) is 12.1 Å². The third kappa shape index (κ3) is 2.82. The number of rotatable bonds is 4. The summed E-state index contributed by atoms with van der Waals surface area (Å²) in [7, 11) is 0. The van der Waals surface area contributed by atoms with Crippen LogP contribution in [0.3, 0.4) is 0 Å². The first kappa shape index (κ1) is 15.6. The van der Waals surface area contributed by atoms with Crippen molar-refractivity contribution in [3.05, 3.63) is 41.2 Å². The van der Waals surface area contributed by atoms with Crippen molar-refractivity contribution >= 4 is 11.7 Å². The van der Waals surface area contributed by atoms with E-state index in [4.69, 9.17) is 4.74 Å². The van der Waals surface area contributed by atoms with E-state index in [-0.39, 0.29) is 23.2 Å². The van der Waals surface area contributed by atoms with Gasteiger partial charge in [-0.25, -0.2) is 0 Å². The molecule has 0 aliphatic carbocycles. The lowest BCUT2D eigenvalue weighted by Gasteiger charge is -2.28. The number of amides is 1. The van der Waals surface area contributed by atoms with Crippen LogP contribution in [0.25, 0.3) is 0 Å². The lowest BCUT2D eigenvalue weighted by atomic mass is 9.96. The van der Waals surface area contributed by atoms with E-state index in [9.17, 15) is 19.8 Å². The second kappa shape index (κ2) is 6.04. The molecule has 1 aromatic rings. The largest absolute Gasteiger partial charge is 0.508 e. The lowest BCUT2D eigenvalue weighted by molar-refractivity contribution is -0.131. The molecule has 0 aromatic heterocycles. The number of hydrogen-bond acceptors (Lipinski definition) is 5. The Balaban J connectivity index is 1.98. The number of Topliss-reactive ketones (excluding diaryl/α,β-unsaturated/α-hetero) is 1. The highest BCUT2D eigenvalue weighted by molar-refractivity contribution is 6.08. The highest BCUT2D eigenvalue weighted by Gasteiger charge is 2.43. The maximum Gasteiger partial charge on any atom is 0.290 e. The zero-order valence-corrected chi connectivity index (χ0v) is 12.9. The van der Waals surface area contributed by atoms with Crippen molar-refractivity contribution in [2.24, 2.45) is 0 Å². The number of nitrogens with zero attached hydrogens (tertiary/aromatic N) is 1. The Labute approximate surface area is 134 Å². The molecule has 122 valence electrons. The molecule has 1 fully saturated rings. The van der Waals surface area contributed by atoms with Gasteiger partial charge in [-0.2, -0.15) is 0 Å². The van der Waals surface area contributed by atoms with Crippen molar-refractivity contribution in [1.82, 2.24) is 4.90 Å². The molecule has 6 heteroatoms. The fourth-order valence-electron chi connectivity index (χ4n) is 3.21. The molecule has 0 radical (unpaired) electrons. The average molecular weight is 317 g/mol. The number of carbonyl (C=O) groups excluding carboxylic acids is 2. The van der Waals surface area contributed by atoms with E-state index in [1.165, 1.54) is 24.0 Å². The summed E-state index contributed by atoms with van der Waals surface area (Å²) in [4.78, 5) is 25.9. The van der Waals surface area contributed by atoms with Gasteiger partial charge in [0.25, 0.3) is 5.91 Å². The summed E-state index contributed by atoms with van der Waals surface area (Å²) < 4.78 is 5.58. The van der Waals surface area contributed by atoms with E-state index in [1.807, 2.05) is 0 Å². The summed E-state index contributed by atoms with van der Waals surface area (Å²) >= 11 is 0. The number of ether oxygens (including phenoxy) is 1. The third-order valence-corrected chi connectivity index (χ3v) is 4.32. The van der Waals surface area contributed by atoms with Crippen molar-refractivity contribution in [3.8, 4) is 5.75 Å². The molecular formula is C17H19NO5. The molecule has 2 atom stereocenters. The van der Waals surface area contributed by atoms with Gasteiger partial charge in [-0.15, -0.1) is 0 Å². The molecule has 1 saturated heterocycles. The van der Waals surface area contributed by atoms with E-state index in [1.54, 1.807) is 12.1 Å². The maximum atomic E-state index is 12.4. The summed E-state index contributed by atoms with van der Waals surface area (Å²) in [6, 6.07) is 5.65. The number of hydrogen-bond donors (Lipinski definition) is 2. The highest BCUT2D eigenvalue weighted by Crippen LogP contribution is 2.38. The smallest absolute Gasteiger partial charge is 0.290 e. The minimum Gasteiger partial charge on any atom is -0.508 e. The molecular weight excluding hydrogens is 298 g/mol. The number of aromatic hydroxyl groups is 1. The number of aliphatic hydroxyl groups excluding tert-OH is 1. The van der Waals surface area contributed by atoms with E-state index in [0.717, 1.165) is 12.8 Å². The molecule has 23 heavy (non-hydrogen) atoms. The average Bonchev–Trinajstić information content (AvgIpc) is 3.10. The van der Waals surface area contributed by atoms with Crippen LogP contribution in [0, 0.1) is 0 Å². The van der Waals surface area contributed by atoms with Crippen LogP contribution >= 0.6 is 0 Å². The van der Waals surface area contributed by atoms with Gasteiger partial charge in [0.2, 0.25) is 0 Å². The van der Waals surface area contributed by atoms with E-state index >= 15 is 0 Å². The molecule has 3 rings (SSSR count). The van der Waals surface area contributed by atoms with Crippen molar-refractivity contribution < 1.29 is 24.5 Å². The molecule has 0 spiro atoms. The Morgan fingerprint density at radius 1 is 1.30 bits per heavy atom. The number of phenols is 1. The predicted octanol–water partition coefficient (Wildman–Crippen LogP) is 1.86. The van der Waals surface area contributed by atoms with Crippen molar-refractivity contribution in [2.75, 3.05) is 13.2 Å². The Morgan fingerprint density at radius 2 is 2.00 bits per heavy atom. The van der Waals surface area contributed by atoms with Gasteiger partial charge in [0.1, 0.15) is 5.75 Å². The predicted molar refractivity (Wildman–Crippen MR) is 81.9 cm³/mol. The maximum absolute atomic E-state index is 12.4. The zero-order chi connectivity index (χ0) is 16.6. The third-order valence-electron chi connectivity index (χ3n) is 4.32. The SMILES string of the molecule is CC(=O)C1=C(O)C(=O)N(C[C@H]2CCCO2)[C@H]1c1ccc(O)cc1. The van der Waals surface area contributed by atoms with Crippen LogP contribution in [0.2, 0.25) is 0 Å². The molecule has 0 saturated carbocycles. The normalized spacial score (nSPS) is 24.6. The molecule has 2 N–H and O–H groups in total. The van der Waals surface area contributed by atoms with Crippen LogP contribution in [0.4, 0.5) is 0 Å². The van der Waals surface area contributed by atoms with Crippen LogP contribution < -0.4 is 0 Å². The Hall–Kier alpha value is -2.34. The lowest BCUT2D eigenvalue weighted by Crippen LogP contribution is -2.37. The molecule has 0 unspecified atom stereocenters. The number of ketones is 1. The topological polar surface area (TPSA) is 87.1 Å². The molecule has 1 aromatic carbocycles. The number of aliphatic hydroxyl groups is 1. The van der Waals surface area contributed by atoms with Gasteiger partial charge in [-0.05, 0) is 37.5 Å². The fourth-order valence-corrected chi connectivity index (χ4v) is 3.21. The number of carbonyl (C=O) groups is 2. The van der Waals surface area contributed by atoms with Crippen molar-refractivity contribution in [1.29, 1.82) is 0 Å². The van der Waals surface area contributed by atoms with Crippen LogP contribution in [-0.4, -0.2) is 46.1 Å². The second-order valence-electron chi connectivity index (χ2n) is 5.91. The van der Waals surface area contributed by atoms with Crippen molar-refractivity contribution in [3.63, 3.8) is 0 Å².